The van der Waals surface area contributed by atoms with E-state index < -0.39 is 9.84 Å². The first-order valence-corrected chi connectivity index (χ1v) is 10.4. The average molecular weight is 398 g/mol. The lowest BCUT2D eigenvalue weighted by molar-refractivity contribution is 0.0994. The van der Waals surface area contributed by atoms with Crippen LogP contribution in [0.5, 0.6) is 0 Å². The van der Waals surface area contributed by atoms with Crippen molar-refractivity contribution < 1.29 is 22.4 Å². The van der Waals surface area contributed by atoms with Gasteiger partial charge in [0.1, 0.15) is 0 Å². The molecule has 0 radical (unpaired) electrons. The van der Waals surface area contributed by atoms with Crippen molar-refractivity contribution in [1.29, 1.82) is 0 Å². The first-order chi connectivity index (χ1) is 13.3. The number of carbonyl (C=O) groups excluding carboxylic acids is 2. The van der Waals surface area contributed by atoms with Crippen LogP contribution in [0.25, 0.3) is 0 Å². The van der Waals surface area contributed by atoms with E-state index in [2.05, 4.69) is 10.6 Å². The largest absolute Gasteiger partial charge is 0.459 e. The smallest absolute Gasteiger partial charge is 0.291 e. The van der Waals surface area contributed by atoms with Crippen LogP contribution in [0, 0.1) is 0 Å². The number of furan rings is 1. The van der Waals surface area contributed by atoms with Gasteiger partial charge >= 0.3 is 0 Å². The van der Waals surface area contributed by atoms with Crippen molar-refractivity contribution in [3.63, 3.8) is 0 Å². The molecule has 0 saturated heterocycles. The lowest BCUT2D eigenvalue weighted by Crippen LogP contribution is -2.13. The van der Waals surface area contributed by atoms with Gasteiger partial charge in [0.05, 0.1) is 12.0 Å². The number of hydrogen-bond donors (Lipinski definition) is 2. The highest BCUT2D eigenvalue weighted by Gasteiger charge is 2.11. The fourth-order valence-electron chi connectivity index (χ4n) is 2.55. The molecule has 2 N–H and O–H groups in total. The van der Waals surface area contributed by atoms with E-state index in [-0.39, 0.29) is 23.3 Å². The van der Waals surface area contributed by atoms with E-state index in [0.29, 0.717) is 22.5 Å². The Hall–Kier alpha value is -3.39. The molecule has 7 nitrogen and oxygen atoms in total. The van der Waals surface area contributed by atoms with Crippen molar-refractivity contribution in [2.24, 2.45) is 0 Å². The molecule has 0 aliphatic rings. The second kappa shape index (κ2) is 8.10. The Kier molecular flexibility index (Phi) is 5.60. The minimum atomic E-state index is -3.18. The number of anilines is 2. The van der Waals surface area contributed by atoms with E-state index in [1.165, 1.54) is 6.26 Å². The van der Waals surface area contributed by atoms with Gasteiger partial charge in [0.15, 0.2) is 15.6 Å². The van der Waals surface area contributed by atoms with Gasteiger partial charge in [-0.2, -0.15) is 0 Å². The molecule has 8 heteroatoms. The first kappa shape index (κ1) is 19.4. The normalized spacial score (nSPS) is 11.0. The summed E-state index contributed by atoms with van der Waals surface area (Å²) >= 11 is 0. The Bertz CT molecular complexity index is 1090. The van der Waals surface area contributed by atoms with Gasteiger partial charge in [-0.15, -0.1) is 0 Å². The van der Waals surface area contributed by atoms with Crippen molar-refractivity contribution in [3.8, 4) is 0 Å². The van der Waals surface area contributed by atoms with Crippen LogP contribution in [0.3, 0.4) is 0 Å². The fraction of sp³-hybridized carbons (Fsp3) is 0.100. The fourth-order valence-corrected chi connectivity index (χ4v) is 3.33. The third kappa shape index (κ3) is 5.31. The van der Waals surface area contributed by atoms with Gasteiger partial charge < -0.3 is 15.1 Å². The summed E-state index contributed by atoms with van der Waals surface area (Å²) in [7, 11) is -3.18. The molecule has 0 saturated carbocycles. The van der Waals surface area contributed by atoms with Crippen molar-refractivity contribution in [2.45, 2.75) is 5.75 Å². The van der Waals surface area contributed by atoms with Gasteiger partial charge in [-0.1, -0.05) is 12.1 Å². The van der Waals surface area contributed by atoms with E-state index >= 15 is 0 Å². The number of carbonyl (C=O) groups is 2. The molecule has 2 aromatic carbocycles. The number of amides is 2. The molecule has 1 aromatic heterocycles. The van der Waals surface area contributed by atoms with E-state index in [9.17, 15) is 18.0 Å². The van der Waals surface area contributed by atoms with Gasteiger partial charge in [-0.25, -0.2) is 8.42 Å². The Morgan fingerprint density at radius 2 is 1.54 bits per heavy atom. The number of nitrogens with one attached hydrogen (secondary N) is 2. The molecule has 1 heterocycles. The van der Waals surface area contributed by atoms with Crippen LogP contribution in [-0.2, 0) is 15.6 Å². The van der Waals surface area contributed by atoms with Crippen LogP contribution in [-0.4, -0.2) is 26.5 Å². The summed E-state index contributed by atoms with van der Waals surface area (Å²) in [6.07, 6.45) is 2.56. The van der Waals surface area contributed by atoms with Crippen LogP contribution in [0.4, 0.5) is 11.4 Å². The third-order valence-electron chi connectivity index (χ3n) is 3.76. The SMILES string of the molecule is CS(=O)(=O)Cc1cccc(C(=O)Nc2ccc(NC(=O)c3ccco3)cc2)c1. The molecule has 0 unspecified atom stereocenters. The topological polar surface area (TPSA) is 105 Å². The van der Waals surface area contributed by atoms with Gasteiger partial charge in [-0.3, -0.25) is 9.59 Å². The molecule has 0 bridgehead atoms. The average Bonchev–Trinajstić information content (AvgIpc) is 3.17. The Morgan fingerprint density at radius 3 is 2.11 bits per heavy atom. The van der Waals surface area contributed by atoms with Gasteiger partial charge in [0.25, 0.3) is 11.8 Å². The molecular weight excluding hydrogens is 380 g/mol. The molecule has 0 atom stereocenters. The van der Waals surface area contributed by atoms with E-state index in [4.69, 9.17) is 4.42 Å². The van der Waals surface area contributed by atoms with E-state index in [0.717, 1.165) is 6.26 Å². The van der Waals surface area contributed by atoms with Crippen molar-refractivity contribution >= 4 is 33.0 Å². The quantitative estimate of drug-likeness (QED) is 0.663. The second-order valence-electron chi connectivity index (χ2n) is 6.23. The number of rotatable bonds is 6. The summed E-state index contributed by atoms with van der Waals surface area (Å²) < 4.78 is 27.9. The van der Waals surface area contributed by atoms with Crippen LogP contribution in [0.2, 0.25) is 0 Å². The highest BCUT2D eigenvalue weighted by atomic mass is 32.2. The molecule has 2 amide bonds. The third-order valence-corrected chi connectivity index (χ3v) is 4.62. The zero-order valence-electron chi connectivity index (χ0n) is 15.0. The molecular formula is C20H18N2O5S. The summed E-state index contributed by atoms with van der Waals surface area (Å²) in [5.41, 5.74) is 1.99. The predicted octanol–water partition coefficient (Wildman–Crippen LogP) is 3.33. The maximum absolute atomic E-state index is 12.4. The van der Waals surface area contributed by atoms with E-state index in [1.54, 1.807) is 60.7 Å². The summed E-state index contributed by atoms with van der Waals surface area (Å²) in [5.74, 6) is -0.656. The number of sulfone groups is 1. The van der Waals surface area contributed by atoms with Crippen molar-refractivity contribution in [3.05, 3.63) is 83.8 Å². The molecule has 3 aromatic rings. The highest BCUT2D eigenvalue weighted by molar-refractivity contribution is 7.89. The summed E-state index contributed by atoms with van der Waals surface area (Å²) in [4.78, 5) is 24.3. The van der Waals surface area contributed by atoms with Crippen LogP contribution >= 0.6 is 0 Å². The maximum Gasteiger partial charge on any atom is 0.291 e. The zero-order valence-corrected chi connectivity index (χ0v) is 15.8. The van der Waals surface area contributed by atoms with Gasteiger partial charge in [0.2, 0.25) is 0 Å². The van der Waals surface area contributed by atoms with Crippen molar-refractivity contribution in [2.75, 3.05) is 16.9 Å². The van der Waals surface area contributed by atoms with Gasteiger partial charge in [0, 0.05) is 23.2 Å². The minimum absolute atomic E-state index is 0.127. The van der Waals surface area contributed by atoms with Crippen LogP contribution in [0.1, 0.15) is 26.5 Å². The predicted molar refractivity (Wildman–Crippen MR) is 106 cm³/mol. The lowest BCUT2D eigenvalue weighted by atomic mass is 10.1. The summed E-state index contributed by atoms with van der Waals surface area (Å²) in [6.45, 7) is 0. The molecule has 0 fully saturated rings. The molecule has 0 spiro atoms. The van der Waals surface area contributed by atoms with E-state index in [1.807, 2.05) is 0 Å². The Morgan fingerprint density at radius 1 is 0.893 bits per heavy atom. The number of hydrogen-bond acceptors (Lipinski definition) is 5. The molecule has 28 heavy (non-hydrogen) atoms. The standard InChI is InChI=1S/C20H18N2O5S/c1-28(25,26)13-14-4-2-5-15(12-14)19(23)21-16-7-9-17(10-8-16)22-20(24)18-6-3-11-27-18/h2-12H,13H2,1H3,(H,21,23)(H,22,24). The number of benzene rings is 2. The molecule has 144 valence electrons. The second-order valence-corrected chi connectivity index (χ2v) is 8.37. The first-order valence-electron chi connectivity index (χ1n) is 8.33. The summed E-state index contributed by atoms with van der Waals surface area (Å²) in [5, 5.41) is 5.42. The highest BCUT2D eigenvalue weighted by Crippen LogP contribution is 2.17. The Labute approximate surface area is 162 Å². The van der Waals surface area contributed by atoms with Crippen LogP contribution in [0.15, 0.2) is 71.3 Å². The minimum Gasteiger partial charge on any atom is -0.459 e. The van der Waals surface area contributed by atoms with Crippen molar-refractivity contribution in [1.82, 2.24) is 0 Å². The zero-order chi connectivity index (χ0) is 20.1. The lowest BCUT2D eigenvalue weighted by Gasteiger charge is -2.08. The summed E-state index contributed by atoms with van der Waals surface area (Å²) in [6, 6.07) is 16.2. The molecule has 0 aliphatic heterocycles. The maximum atomic E-state index is 12.4. The Balaban J connectivity index is 1.64. The van der Waals surface area contributed by atoms with Gasteiger partial charge in [-0.05, 0) is 54.1 Å². The molecule has 3 rings (SSSR count). The van der Waals surface area contributed by atoms with Crippen LogP contribution < -0.4 is 10.6 Å². The molecule has 0 aliphatic carbocycles. The monoisotopic (exact) mass is 398 g/mol.